The van der Waals surface area contributed by atoms with E-state index in [9.17, 15) is 67.1 Å². The van der Waals surface area contributed by atoms with Crippen LogP contribution in [0.1, 0.15) is 96.9 Å². The van der Waals surface area contributed by atoms with E-state index in [0.717, 1.165) is 96.9 Å². The third-order valence-electron chi connectivity index (χ3n) is 12.2. The van der Waals surface area contributed by atoms with E-state index >= 15 is 0 Å². The van der Waals surface area contributed by atoms with Crippen molar-refractivity contribution in [2.24, 2.45) is 0 Å². The number of esters is 13. The van der Waals surface area contributed by atoms with Crippen LogP contribution in [-0.2, 0) is 162 Å². The Morgan fingerprint density at radius 1 is 0.253 bits per heavy atom. The van der Waals surface area contributed by atoms with E-state index in [1.165, 1.54) is 0 Å². The van der Waals surface area contributed by atoms with Gasteiger partial charge in [0.1, 0.15) is 75.2 Å². The van der Waals surface area contributed by atoms with E-state index in [-0.39, 0.29) is 0 Å². The van der Waals surface area contributed by atoms with Crippen LogP contribution in [0.4, 0.5) is 0 Å². The van der Waals surface area contributed by atoms with Crippen LogP contribution in [0.15, 0.2) is 0 Å². The third kappa shape index (κ3) is 21.9. The minimum atomic E-state index is -2.21. The number of ether oxygens (including phenoxy) is 20. The van der Waals surface area contributed by atoms with Crippen molar-refractivity contribution < 1.29 is 162 Å². The lowest BCUT2D eigenvalue weighted by atomic mass is 9.93. The fourth-order valence-corrected chi connectivity index (χ4v) is 9.41. The van der Waals surface area contributed by atoms with Crippen molar-refractivity contribution in [3.05, 3.63) is 0 Å². The van der Waals surface area contributed by atoms with E-state index in [0.29, 0.717) is 0 Å². The standard InChI is InChI=1S/C52H71NO34/c1-19(54)53-37-42(74-26(8)61)38(85-51-47(78-30(12)65)43(75-27(9)62)39(72-24(6)59)34(83-51)16-69-21(3)56)33(15-68-20(2)55)81-49(37)87-45-40(73-25(7)60)35(17-70-22(4)57)84-52(48(45)79-31(13)66)86-41-36(18-71-23(5)58)82-50(80-32(14)67)46(77-29(11)64)44(41)76-28(10)63/h33-52H,15-18H2,1-14H3,(H,53,54)/t33-,34-,35-,36-,37-,38-,39+,40+,41-,42-,43+,44+,45+,46-,47-,48-,49+,50?,51+,52+/m1/s1. The molecule has 1 N–H and O–H groups in total. The molecule has 87 heavy (non-hydrogen) atoms. The smallest absolute Gasteiger partial charge is 0.305 e. The van der Waals surface area contributed by atoms with Gasteiger partial charge in [-0.3, -0.25) is 67.1 Å². The van der Waals surface area contributed by atoms with Crippen LogP contribution in [0.5, 0.6) is 0 Å². The number of amides is 1. The molecule has 0 aromatic carbocycles. The summed E-state index contributed by atoms with van der Waals surface area (Å²) in [6.45, 7) is 9.97. The van der Waals surface area contributed by atoms with Gasteiger partial charge in [0.15, 0.2) is 61.6 Å². The highest BCUT2D eigenvalue weighted by molar-refractivity contribution is 5.74. The summed E-state index contributed by atoms with van der Waals surface area (Å²) in [5.74, 6) is -14.3. The van der Waals surface area contributed by atoms with Gasteiger partial charge >= 0.3 is 77.6 Å². The average molecular weight is 1250 g/mol. The van der Waals surface area contributed by atoms with E-state index in [1.807, 2.05) is 0 Å². The van der Waals surface area contributed by atoms with Gasteiger partial charge in [0.05, 0.1) is 0 Å². The van der Waals surface area contributed by atoms with E-state index in [1.54, 1.807) is 0 Å². The molecule has 4 aliphatic heterocycles. The van der Waals surface area contributed by atoms with Gasteiger partial charge in [-0.15, -0.1) is 0 Å². The Bertz CT molecular complexity index is 2540. The van der Waals surface area contributed by atoms with Crippen molar-refractivity contribution in [2.75, 3.05) is 26.4 Å². The summed E-state index contributed by atoms with van der Waals surface area (Å²) in [5.41, 5.74) is 0. The zero-order valence-corrected chi connectivity index (χ0v) is 49.8. The first kappa shape index (κ1) is 71.8. The first-order chi connectivity index (χ1) is 40.6. The predicted octanol–water partition coefficient (Wildman–Crippen LogP) is -2.18. The summed E-state index contributed by atoms with van der Waals surface area (Å²) in [7, 11) is 0. The first-order valence-corrected chi connectivity index (χ1v) is 26.6. The molecule has 4 rings (SSSR count). The van der Waals surface area contributed by atoms with Crippen molar-refractivity contribution in [1.82, 2.24) is 5.32 Å². The highest BCUT2D eigenvalue weighted by Gasteiger charge is 2.61. The highest BCUT2D eigenvalue weighted by Crippen LogP contribution is 2.40. The predicted molar refractivity (Wildman–Crippen MR) is 270 cm³/mol. The Morgan fingerprint density at radius 3 is 0.839 bits per heavy atom. The molecule has 4 aliphatic rings. The lowest BCUT2D eigenvalue weighted by Crippen LogP contribution is -2.71. The van der Waals surface area contributed by atoms with Crippen LogP contribution in [0.3, 0.4) is 0 Å². The summed E-state index contributed by atoms with van der Waals surface area (Å²) in [6, 6.07) is -1.93. The Morgan fingerprint density at radius 2 is 0.494 bits per heavy atom. The van der Waals surface area contributed by atoms with Gasteiger partial charge in [-0.1, -0.05) is 0 Å². The molecule has 0 spiro atoms. The molecular weight excluding hydrogens is 1180 g/mol. The van der Waals surface area contributed by atoms with Crippen LogP contribution >= 0.6 is 0 Å². The molecule has 35 heteroatoms. The Hall–Kier alpha value is -7.70. The molecular formula is C52H71NO34. The molecule has 4 heterocycles. The maximum Gasteiger partial charge on any atom is 0.305 e. The third-order valence-corrected chi connectivity index (χ3v) is 12.2. The minimum Gasteiger partial charge on any atom is -0.463 e. The fourth-order valence-electron chi connectivity index (χ4n) is 9.41. The van der Waals surface area contributed by atoms with Crippen LogP contribution in [0.25, 0.3) is 0 Å². The van der Waals surface area contributed by atoms with Crippen LogP contribution in [-0.4, -0.2) is 233 Å². The monoisotopic (exact) mass is 1250 g/mol. The molecule has 0 aromatic rings. The molecule has 0 saturated carbocycles. The molecule has 0 bridgehead atoms. The maximum atomic E-state index is 13.4. The van der Waals surface area contributed by atoms with E-state index in [2.05, 4.69) is 5.32 Å². The highest BCUT2D eigenvalue weighted by atomic mass is 16.8. The quantitative estimate of drug-likeness (QED) is 0.0792. The molecule has 1 unspecified atom stereocenters. The summed E-state index contributed by atoms with van der Waals surface area (Å²) in [5, 5.41) is 2.51. The van der Waals surface area contributed by atoms with Gasteiger partial charge in [0, 0.05) is 96.9 Å². The van der Waals surface area contributed by atoms with Crippen molar-refractivity contribution in [3.8, 4) is 0 Å². The summed E-state index contributed by atoms with van der Waals surface area (Å²) in [4.78, 5) is 179. The molecule has 20 atom stereocenters. The average Bonchev–Trinajstić information content (AvgIpc) is 0.863. The SMILES string of the molecule is CC(=O)N[C@H]1[C@H](O[C@H]2[C@@H](OC(C)=O)[C@@H](COC(C)=O)O[C@@H](O[C@H]3[C@H](OC(C)=O)[C@@H](OC(C)=O)C(OC(C)=O)O[C@@H]3COC(C)=O)[C@@H]2OC(C)=O)O[C@H](COC(C)=O)[C@@H](O[C@@H]2O[C@H](COC(C)=O)[C@H](OC(C)=O)[C@H](OC(C)=O)[C@H]2OC(C)=O)[C@@H]1OC(C)=O. The Balaban J connectivity index is 2.04. The lowest BCUT2D eigenvalue weighted by molar-refractivity contribution is -0.380. The number of carbonyl (C=O) groups excluding carboxylic acids is 14. The number of hydrogen-bond acceptors (Lipinski definition) is 34. The Labute approximate surface area is 495 Å². The van der Waals surface area contributed by atoms with Crippen molar-refractivity contribution in [3.63, 3.8) is 0 Å². The van der Waals surface area contributed by atoms with Crippen LogP contribution in [0, 0.1) is 0 Å². The molecule has 0 aliphatic carbocycles. The van der Waals surface area contributed by atoms with Crippen LogP contribution in [0.2, 0.25) is 0 Å². The van der Waals surface area contributed by atoms with Gasteiger partial charge in [0.2, 0.25) is 18.3 Å². The van der Waals surface area contributed by atoms with Crippen molar-refractivity contribution in [2.45, 2.75) is 220 Å². The lowest BCUT2D eigenvalue weighted by Gasteiger charge is -2.51. The maximum absolute atomic E-state index is 13.4. The normalized spacial score (nSPS) is 31.9. The molecule has 4 saturated heterocycles. The summed E-state index contributed by atoms with van der Waals surface area (Å²) >= 11 is 0. The second-order valence-electron chi connectivity index (χ2n) is 19.6. The number of hydrogen-bond donors (Lipinski definition) is 1. The number of carbonyl (C=O) groups is 14. The molecule has 4 fully saturated rings. The fraction of sp³-hybridized carbons (Fsp3) is 0.731. The summed E-state index contributed by atoms with van der Waals surface area (Å²) < 4.78 is 116. The van der Waals surface area contributed by atoms with Gasteiger partial charge in [-0.25, -0.2) is 0 Å². The first-order valence-electron chi connectivity index (χ1n) is 26.6. The molecule has 0 radical (unpaired) electrons. The topological polar surface area (TPSA) is 436 Å². The second-order valence-corrected chi connectivity index (χ2v) is 19.6. The molecule has 35 nitrogen and oxygen atoms in total. The van der Waals surface area contributed by atoms with E-state index in [4.69, 9.17) is 94.7 Å². The van der Waals surface area contributed by atoms with Gasteiger partial charge in [-0.2, -0.15) is 0 Å². The van der Waals surface area contributed by atoms with Crippen LogP contribution < -0.4 is 5.32 Å². The zero-order chi connectivity index (χ0) is 65.3. The number of nitrogens with one attached hydrogen (secondary N) is 1. The Kier molecular flexibility index (Phi) is 27.1. The van der Waals surface area contributed by atoms with Crippen molar-refractivity contribution >= 4 is 83.5 Å². The zero-order valence-electron chi connectivity index (χ0n) is 49.8. The van der Waals surface area contributed by atoms with Gasteiger partial charge in [-0.05, 0) is 0 Å². The minimum absolute atomic E-state index is 0.749. The second kappa shape index (κ2) is 32.9. The molecule has 1 amide bonds. The van der Waals surface area contributed by atoms with Gasteiger partial charge < -0.3 is 100 Å². The molecule has 488 valence electrons. The summed E-state index contributed by atoms with van der Waals surface area (Å²) in [6.07, 6.45) is -36.8. The number of rotatable bonds is 24. The van der Waals surface area contributed by atoms with Gasteiger partial charge in [0.25, 0.3) is 0 Å². The molecule has 0 aromatic heterocycles. The van der Waals surface area contributed by atoms with E-state index < -0.39 is 233 Å². The van der Waals surface area contributed by atoms with Crippen molar-refractivity contribution in [1.29, 1.82) is 0 Å². The largest absolute Gasteiger partial charge is 0.463 e.